The van der Waals surface area contributed by atoms with Gasteiger partial charge in [0.25, 0.3) is 0 Å². The maximum absolute atomic E-state index is 5.69. The Labute approximate surface area is 107 Å². The van der Waals surface area contributed by atoms with Crippen molar-refractivity contribution in [3.8, 4) is 0 Å². The molecule has 0 saturated heterocycles. The van der Waals surface area contributed by atoms with Crippen molar-refractivity contribution in [3.63, 3.8) is 0 Å². The third kappa shape index (κ3) is 1.94. The number of halogens is 1. The van der Waals surface area contributed by atoms with Crippen molar-refractivity contribution in [3.05, 3.63) is 35.2 Å². The highest BCUT2D eigenvalue weighted by Crippen LogP contribution is 2.37. The molecular formula is C13H18ClN3. The predicted molar refractivity (Wildman–Crippen MR) is 71.9 cm³/mol. The fourth-order valence-corrected chi connectivity index (χ4v) is 2.90. The van der Waals surface area contributed by atoms with Crippen molar-refractivity contribution >= 4 is 17.9 Å². The van der Waals surface area contributed by atoms with Gasteiger partial charge in [-0.1, -0.05) is 0 Å². The molecule has 1 atom stereocenters. The number of nitrogens with two attached hydrogens (primary N) is 1. The minimum Gasteiger partial charge on any atom is -0.330 e. The normalized spacial score (nSPS) is 18.1. The highest BCUT2D eigenvalue weighted by atomic mass is 35.5. The van der Waals surface area contributed by atoms with Crippen LogP contribution in [0.3, 0.4) is 0 Å². The first-order valence-corrected chi connectivity index (χ1v) is 5.97. The number of aromatic nitrogens is 2. The second-order valence-corrected chi connectivity index (χ2v) is 4.68. The summed E-state index contributed by atoms with van der Waals surface area (Å²) in [4.78, 5) is 0. The molecule has 0 saturated carbocycles. The Morgan fingerprint density at radius 1 is 1.53 bits per heavy atom. The van der Waals surface area contributed by atoms with Gasteiger partial charge in [-0.25, -0.2) is 4.52 Å². The summed E-state index contributed by atoms with van der Waals surface area (Å²) in [6.07, 6.45) is 5.61. The van der Waals surface area contributed by atoms with E-state index in [0.29, 0.717) is 5.92 Å². The van der Waals surface area contributed by atoms with Gasteiger partial charge in [0, 0.05) is 6.20 Å². The Kier molecular flexibility index (Phi) is 3.40. The summed E-state index contributed by atoms with van der Waals surface area (Å²) < 4.78 is 2.00. The van der Waals surface area contributed by atoms with Crippen LogP contribution < -0.4 is 5.73 Å². The first-order chi connectivity index (χ1) is 7.79. The van der Waals surface area contributed by atoms with E-state index in [1.807, 2.05) is 11.4 Å². The fraction of sp³-hybridized carbons (Fsp3) is 0.462. The van der Waals surface area contributed by atoms with Gasteiger partial charge in [0.05, 0.1) is 11.2 Å². The lowest BCUT2D eigenvalue weighted by Gasteiger charge is -2.11. The smallest absolute Gasteiger partial charge is 0.0701 e. The molecule has 1 aliphatic carbocycles. The van der Waals surface area contributed by atoms with Crippen LogP contribution in [0.25, 0.3) is 5.52 Å². The molecular weight excluding hydrogens is 234 g/mol. The molecule has 2 aromatic heterocycles. The molecule has 3 nitrogen and oxygen atoms in total. The van der Waals surface area contributed by atoms with E-state index in [2.05, 4.69) is 23.4 Å². The molecule has 0 aliphatic heterocycles. The van der Waals surface area contributed by atoms with Crippen LogP contribution >= 0.6 is 12.4 Å². The maximum Gasteiger partial charge on any atom is 0.0701 e. The summed E-state index contributed by atoms with van der Waals surface area (Å²) in [6, 6.07) is 4.40. The Morgan fingerprint density at radius 2 is 2.35 bits per heavy atom. The lowest BCUT2D eigenvalue weighted by molar-refractivity contribution is 0.629. The van der Waals surface area contributed by atoms with E-state index in [1.54, 1.807) is 0 Å². The van der Waals surface area contributed by atoms with Gasteiger partial charge in [0.2, 0.25) is 0 Å². The van der Waals surface area contributed by atoms with Crippen LogP contribution in [0.4, 0.5) is 0 Å². The zero-order chi connectivity index (χ0) is 11.1. The van der Waals surface area contributed by atoms with Gasteiger partial charge in [-0.3, -0.25) is 0 Å². The molecule has 17 heavy (non-hydrogen) atoms. The van der Waals surface area contributed by atoms with Gasteiger partial charge in [-0.15, -0.1) is 12.4 Å². The topological polar surface area (TPSA) is 43.3 Å². The van der Waals surface area contributed by atoms with E-state index in [4.69, 9.17) is 5.73 Å². The number of fused-ring (bicyclic) bond motifs is 3. The van der Waals surface area contributed by atoms with Crippen molar-refractivity contribution in [2.45, 2.75) is 32.1 Å². The minimum atomic E-state index is 0. The Balaban J connectivity index is 0.00000108. The largest absolute Gasteiger partial charge is 0.330 e. The van der Waals surface area contributed by atoms with E-state index in [9.17, 15) is 0 Å². The molecule has 2 aromatic rings. The summed E-state index contributed by atoms with van der Waals surface area (Å²) in [6.45, 7) is 2.82. The van der Waals surface area contributed by atoms with Gasteiger partial charge in [-0.05, 0) is 61.9 Å². The molecule has 3 rings (SSSR count). The first kappa shape index (κ1) is 12.4. The van der Waals surface area contributed by atoms with Crippen LogP contribution in [-0.2, 0) is 6.42 Å². The molecule has 0 radical (unpaired) electrons. The number of rotatable bonds is 2. The third-order valence-corrected chi connectivity index (χ3v) is 3.58. The quantitative estimate of drug-likeness (QED) is 0.891. The zero-order valence-corrected chi connectivity index (χ0v) is 10.8. The van der Waals surface area contributed by atoms with Crippen molar-refractivity contribution in [1.29, 1.82) is 0 Å². The molecule has 0 amide bonds. The van der Waals surface area contributed by atoms with E-state index in [-0.39, 0.29) is 12.4 Å². The molecule has 0 fully saturated rings. The van der Waals surface area contributed by atoms with E-state index in [1.165, 1.54) is 29.5 Å². The van der Waals surface area contributed by atoms with Crippen LogP contribution in [-0.4, -0.2) is 16.2 Å². The van der Waals surface area contributed by atoms with E-state index in [0.717, 1.165) is 18.7 Å². The average Bonchev–Trinajstić information content (AvgIpc) is 2.81. The Bertz CT molecular complexity index is 531. The lowest BCUT2D eigenvalue weighted by Crippen LogP contribution is -2.05. The summed E-state index contributed by atoms with van der Waals surface area (Å²) in [7, 11) is 0. The average molecular weight is 252 g/mol. The Morgan fingerprint density at radius 3 is 3.12 bits per heavy atom. The molecule has 1 aliphatic rings. The highest BCUT2D eigenvalue weighted by Gasteiger charge is 2.24. The molecule has 92 valence electrons. The maximum atomic E-state index is 5.69. The Hall–Kier alpha value is -1.06. The second-order valence-electron chi connectivity index (χ2n) is 4.68. The number of aryl methyl sites for hydroxylation is 2. The molecule has 0 bridgehead atoms. The predicted octanol–water partition coefficient (Wildman–Crippen LogP) is 2.44. The van der Waals surface area contributed by atoms with Crippen LogP contribution in [0.15, 0.2) is 18.3 Å². The first-order valence-electron chi connectivity index (χ1n) is 5.97. The van der Waals surface area contributed by atoms with Crippen molar-refractivity contribution in [1.82, 2.24) is 9.61 Å². The van der Waals surface area contributed by atoms with Gasteiger partial charge >= 0.3 is 0 Å². The van der Waals surface area contributed by atoms with Crippen LogP contribution in [0.5, 0.6) is 0 Å². The minimum absolute atomic E-state index is 0. The van der Waals surface area contributed by atoms with Crippen LogP contribution in [0, 0.1) is 6.92 Å². The molecule has 0 spiro atoms. The van der Waals surface area contributed by atoms with Crippen LogP contribution in [0.2, 0.25) is 0 Å². The SMILES string of the molecule is Cc1cc2c3c(ccn2n1)CCC3CCN.Cl. The van der Waals surface area contributed by atoms with Gasteiger partial charge < -0.3 is 5.73 Å². The van der Waals surface area contributed by atoms with Gasteiger partial charge in [-0.2, -0.15) is 5.10 Å². The molecule has 2 heterocycles. The monoisotopic (exact) mass is 251 g/mol. The highest BCUT2D eigenvalue weighted by molar-refractivity contribution is 5.85. The molecule has 2 N–H and O–H groups in total. The second kappa shape index (κ2) is 4.67. The number of hydrogen-bond acceptors (Lipinski definition) is 2. The third-order valence-electron chi connectivity index (χ3n) is 3.58. The van der Waals surface area contributed by atoms with Crippen molar-refractivity contribution in [2.24, 2.45) is 5.73 Å². The molecule has 0 aromatic carbocycles. The van der Waals surface area contributed by atoms with Gasteiger partial charge in [0.15, 0.2) is 0 Å². The zero-order valence-electron chi connectivity index (χ0n) is 10.0. The van der Waals surface area contributed by atoms with Gasteiger partial charge in [0.1, 0.15) is 0 Å². The fourth-order valence-electron chi connectivity index (χ4n) is 2.90. The summed E-state index contributed by atoms with van der Waals surface area (Å²) >= 11 is 0. The van der Waals surface area contributed by atoms with E-state index < -0.39 is 0 Å². The number of pyridine rings is 1. The van der Waals surface area contributed by atoms with Crippen LogP contribution in [0.1, 0.15) is 35.6 Å². The van der Waals surface area contributed by atoms with E-state index >= 15 is 0 Å². The summed E-state index contributed by atoms with van der Waals surface area (Å²) in [5.74, 6) is 0.639. The summed E-state index contributed by atoms with van der Waals surface area (Å²) in [5, 5.41) is 4.47. The number of hydrogen-bond donors (Lipinski definition) is 1. The van der Waals surface area contributed by atoms with Crippen molar-refractivity contribution in [2.75, 3.05) is 6.54 Å². The lowest BCUT2D eigenvalue weighted by atomic mass is 9.97. The molecule has 4 heteroatoms. The summed E-state index contributed by atoms with van der Waals surface area (Å²) in [5.41, 5.74) is 11.1. The van der Waals surface area contributed by atoms with Crippen molar-refractivity contribution < 1.29 is 0 Å². The molecule has 1 unspecified atom stereocenters. The number of nitrogens with zero attached hydrogens (tertiary/aromatic N) is 2. The standard InChI is InChI=1S/C13H17N3.ClH/c1-9-8-12-13-10(4-6-14)2-3-11(13)5-7-16(12)15-9;/h5,7-8,10H,2-4,6,14H2,1H3;1H.